The van der Waals surface area contributed by atoms with Crippen LogP contribution in [0.3, 0.4) is 0 Å². The summed E-state index contributed by atoms with van der Waals surface area (Å²) in [5.74, 6) is -1.01. The first kappa shape index (κ1) is 15.7. The minimum Gasteiger partial charge on any atom is -0.481 e. The standard InChI is InChI=1S/C16H15NO5/c18-15(19)9-8-11-6-7-13(10-14(11)17(21)22)16(20)12-4-2-1-3-5-12/h1-7,10,16,20H,8-9H2,(H,18,19). The number of rotatable bonds is 6. The van der Waals surface area contributed by atoms with Crippen LogP contribution in [0.15, 0.2) is 48.5 Å². The number of hydrogen-bond donors (Lipinski definition) is 2. The molecule has 0 radical (unpaired) electrons. The van der Waals surface area contributed by atoms with E-state index in [1.807, 2.05) is 6.07 Å². The molecule has 2 rings (SSSR count). The fourth-order valence-corrected chi connectivity index (χ4v) is 2.20. The zero-order chi connectivity index (χ0) is 16.1. The molecule has 0 fully saturated rings. The van der Waals surface area contributed by atoms with Gasteiger partial charge in [-0.1, -0.05) is 42.5 Å². The average Bonchev–Trinajstić information content (AvgIpc) is 2.52. The molecule has 0 aromatic heterocycles. The Morgan fingerprint density at radius 1 is 1.14 bits per heavy atom. The summed E-state index contributed by atoms with van der Waals surface area (Å²) in [5, 5.41) is 30.1. The van der Waals surface area contributed by atoms with Gasteiger partial charge in [0.15, 0.2) is 0 Å². The average molecular weight is 301 g/mol. The van der Waals surface area contributed by atoms with Gasteiger partial charge < -0.3 is 10.2 Å². The smallest absolute Gasteiger partial charge is 0.303 e. The molecule has 6 nitrogen and oxygen atoms in total. The molecule has 114 valence electrons. The quantitative estimate of drug-likeness (QED) is 0.631. The summed E-state index contributed by atoms with van der Waals surface area (Å²) < 4.78 is 0. The summed E-state index contributed by atoms with van der Waals surface area (Å²) in [6, 6.07) is 13.2. The minimum atomic E-state index is -1.01. The van der Waals surface area contributed by atoms with Crippen LogP contribution in [-0.4, -0.2) is 21.1 Å². The Bertz CT molecular complexity index is 684. The minimum absolute atomic E-state index is 0.0767. The monoisotopic (exact) mass is 301 g/mol. The van der Waals surface area contributed by atoms with Crippen molar-refractivity contribution in [3.63, 3.8) is 0 Å². The Morgan fingerprint density at radius 2 is 1.82 bits per heavy atom. The Kier molecular flexibility index (Phi) is 4.85. The van der Waals surface area contributed by atoms with Crippen molar-refractivity contribution in [3.05, 3.63) is 75.3 Å². The number of aliphatic carboxylic acids is 1. The van der Waals surface area contributed by atoms with Crippen molar-refractivity contribution >= 4 is 11.7 Å². The highest BCUT2D eigenvalue weighted by atomic mass is 16.6. The van der Waals surface area contributed by atoms with Gasteiger partial charge in [-0.3, -0.25) is 14.9 Å². The molecule has 0 saturated heterocycles. The number of aryl methyl sites for hydroxylation is 1. The van der Waals surface area contributed by atoms with Gasteiger partial charge in [0.2, 0.25) is 0 Å². The molecule has 0 heterocycles. The molecule has 6 heteroatoms. The van der Waals surface area contributed by atoms with E-state index in [4.69, 9.17) is 5.11 Å². The van der Waals surface area contributed by atoms with Crippen LogP contribution in [-0.2, 0) is 11.2 Å². The lowest BCUT2D eigenvalue weighted by atomic mass is 9.98. The van der Waals surface area contributed by atoms with Crippen molar-refractivity contribution in [1.29, 1.82) is 0 Å². The summed E-state index contributed by atoms with van der Waals surface area (Å²) in [7, 11) is 0. The summed E-state index contributed by atoms with van der Waals surface area (Å²) >= 11 is 0. The van der Waals surface area contributed by atoms with E-state index in [-0.39, 0.29) is 18.5 Å². The highest BCUT2D eigenvalue weighted by Crippen LogP contribution is 2.28. The van der Waals surface area contributed by atoms with E-state index >= 15 is 0 Å². The molecule has 2 aromatic rings. The SMILES string of the molecule is O=C(O)CCc1ccc(C(O)c2ccccc2)cc1[N+](=O)[O-]. The van der Waals surface area contributed by atoms with E-state index in [0.717, 1.165) is 0 Å². The Labute approximate surface area is 126 Å². The molecule has 2 aromatic carbocycles. The molecule has 0 aliphatic carbocycles. The van der Waals surface area contributed by atoms with E-state index in [1.165, 1.54) is 12.1 Å². The second-order valence-corrected chi connectivity index (χ2v) is 4.85. The van der Waals surface area contributed by atoms with Crippen molar-refractivity contribution < 1.29 is 19.9 Å². The fourth-order valence-electron chi connectivity index (χ4n) is 2.20. The van der Waals surface area contributed by atoms with Gasteiger partial charge in [-0.15, -0.1) is 0 Å². The first-order valence-corrected chi connectivity index (χ1v) is 6.71. The predicted molar refractivity (Wildman–Crippen MR) is 79.6 cm³/mol. The summed E-state index contributed by atoms with van der Waals surface area (Å²) in [6.07, 6.45) is -1.07. The lowest BCUT2D eigenvalue weighted by Crippen LogP contribution is -2.04. The lowest BCUT2D eigenvalue weighted by Gasteiger charge is -2.12. The van der Waals surface area contributed by atoms with Gasteiger partial charge in [-0.2, -0.15) is 0 Å². The summed E-state index contributed by atoms with van der Waals surface area (Å²) in [6.45, 7) is 0. The van der Waals surface area contributed by atoms with Crippen LogP contribution >= 0.6 is 0 Å². The number of nitrogens with zero attached hydrogens (tertiary/aromatic N) is 1. The van der Waals surface area contributed by atoms with E-state index in [1.54, 1.807) is 30.3 Å². The van der Waals surface area contributed by atoms with Crippen molar-refractivity contribution in [2.75, 3.05) is 0 Å². The highest BCUT2D eigenvalue weighted by Gasteiger charge is 2.19. The molecule has 0 aliphatic heterocycles. The third-order valence-corrected chi connectivity index (χ3v) is 3.35. The number of aliphatic hydroxyl groups excluding tert-OH is 1. The van der Waals surface area contributed by atoms with Crippen LogP contribution < -0.4 is 0 Å². The van der Waals surface area contributed by atoms with Gasteiger partial charge in [0, 0.05) is 18.1 Å². The first-order chi connectivity index (χ1) is 10.5. The molecular weight excluding hydrogens is 286 g/mol. The van der Waals surface area contributed by atoms with Gasteiger partial charge in [-0.05, 0) is 17.5 Å². The Morgan fingerprint density at radius 3 is 2.41 bits per heavy atom. The number of nitro benzene ring substituents is 1. The molecule has 0 spiro atoms. The van der Waals surface area contributed by atoms with Crippen molar-refractivity contribution in [2.24, 2.45) is 0 Å². The normalized spacial score (nSPS) is 11.9. The zero-order valence-electron chi connectivity index (χ0n) is 11.7. The van der Waals surface area contributed by atoms with Crippen molar-refractivity contribution in [3.8, 4) is 0 Å². The largest absolute Gasteiger partial charge is 0.481 e. The van der Waals surface area contributed by atoms with Gasteiger partial charge >= 0.3 is 5.97 Å². The van der Waals surface area contributed by atoms with Gasteiger partial charge in [0.1, 0.15) is 6.10 Å². The third-order valence-electron chi connectivity index (χ3n) is 3.35. The van der Waals surface area contributed by atoms with E-state index in [2.05, 4.69) is 0 Å². The summed E-state index contributed by atoms with van der Waals surface area (Å²) in [5.41, 5.74) is 1.21. The Balaban J connectivity index is 2.33. The van der Waals surface area contributed by atoms with Crippen LogP contribution in [0, 0.1) is 10.1 Å². The zero-order valence-corrected chi connectivity index (χ0v) is 11.7. The van der Waals surface area contributed by atoms with E-state index in [9.17, 15) is 20.0 Å². The number of nitro groups is 1. The summed E-state index contributed by atoms with van der Waals surface area (Å²) in [4.78, 5) is 21.2. The highest BCUT2D eigenvalue weighted by molar-refractivity contribution is 5.67. The number of carboxylic acid groups (broad SMARTS) is 1. The van der Waals surface area contributed by atoms with Crippen LogP contribution in [0.5, 0.6) is 0 Å². The molecular formula is C16H15NO5. The van der Waals surface area contributed by atoms with Crippen LogP contribution in [0.25, 0.3) is 0 Å². The maximum absolute atomic E-state index is 11.2. The van der Waals surface area contributed by atoms with Crippen LogP contribution in [0.2, 0.25) is 0 Å². The molecule has 1 unspecified atom stereocenters. The number of carboxylic acids is 1. The van der Waals surface area contributed by atoms with E-state index < -0.39 is 17.0 Å². The van der Waals surface area contributed by atoms with Crippen molar-refractivity contribution in [2.45, 2.75) is 18.9 Å². The van der Waals surface area contributed by atoms with Gasteiger partial charge in [0.05, 0.1) is 4.92 Å². The number of aliphatic hydroxyl groups is 1. The second kappa shape index (κ2) is 6.82. The van der Waals surface area contributed by atoms with Crippen LogP contribution in [0.1, 0.15) is 29.2 Å². The maximum Gasteiger partial charge on any atom is 0.303 e. The number of carbonyl (C=O) groups is 1. The lowest BCUT2D eigenvalue weighted by molar-refractivity contribution is -0.385. The number of benzene rings is 2. The molecule has 22 heavy (non-hydrogen) atoms. The predicted octanol–water partition coefficient (Wildman–Crippen LogP) is 2.69. The molecule has 0 aliphatic rings. The fraction of sp³-hybridized carbons (Fsp3) is 0.188. The molecule has 1 atom stereocenters. The first-order valence-electron chi connectivity index (χ1n) is 6.71. The van der Waals surface area contributed by atoms with Gasteiger partial charge in [0.25, 0.3) is 5.69 Å². The van der Waals surface area contributed by atoms with Crippen LogP contribution in [0.4, 0.5) is 5.69 Å². The molecule has 2 N–H and O–H groups in total. The van der Waals surface area contributed by atoms with E-state index in [0.29, 0.717) is 16.7 Å². The third kappa shape index (κ3) is 3.67. The number of hydrogen-bond acceptors (Lipinski definition) is 4. The van der Waals surface area contributed by atoms with Gasteiger partial charge in [-0.25, -0.2) is 0 Å². The topological polar surface area (TPSA) is 101 Å². The molecule has 0 bridgehead atoms. The second-order valence-electron chi connectivity index (χ2n) is 4.85. The van der Waals surface area contributed by atoms with Crippen molar-refractivity contribution in [1.82, 2.24) is 0 Å². The Hall–Kier alpha value is -2.73. The molecule has 0 saturated carbocycles. The maximum atomic E-state index is 11.2. The molecule has 0 amide bonds.